The highest BCUT2D eigenvalue weighted by Crippen LogP contribution is 2.31. The van der Waals surface area contributed by atoms with Crippen molar-refractivity contribution in [2.45, 2.75) is 38.7 Å². The standard InChI is InChI=1S/C14H26N2O3/c1-14(4-6-15-7-5-14)13(18)16-8-2-12(3-9-16)19-11-10-17/h12,15,17H,2-11H2,1H3. The van der Waals surface area contributed by atoms with Gasteiger partial charge in [-0.05, 0) is 38.8 Å². The molecule has 5 heteroatoms. The molecule has 0 atom stereocenters. The molecule has 110 valence electrons. The molecule has 0 aromatic rings. The van der Waals surface area contributed by atoms with Gasteiger partial charge in [0.15, 0.2) is 0 Å². The van der Waals surface area contributed by atoms with Crippen LogP contribution in [0.15, 0.2) is 0 Å². The number of nitrogens with zero attached hydrogens (tertiary/aromatic N) is 1. The molecule has 0 aromatic heterocycles. The fraction of sp³-hybridized carbons (Fsp3) is 0.929. The third-order valence-corrected chi connectivity index (χ3v) is 4.40. The van der Waals surface area contributed by atoms with Crippen molar-refractivity contribution in [1.29, 1.82) is 0 Å². The van der Waals surface area contributed by atoms with Crippen LogP contribution in [-0.4, -0.2) is 61.4 Å². The maximum absolute atomic E-state index is 12.6. The van der Waals surface area contributed by atoms with Gasteiger partial charge in [-0.15, -0.1) is 0 Å². The monoisotopic (exact) mass is 270 g/mol. The predicted octanol–water partition coefficient (Wildman–Crippen LogP) is 0.376. The maximum atomic E-state index is 12.6. The quantitative estimate of drug-likeness (QED) is 0.775. The van der Waals surface area contributed by atoms with Crippen molar-refractivity contribution in [3.63, 3.8) is 0 Å². The fourth-order valence-corrected chi connectivity index (χ4v) is 3.02. The first-order chi connectivity index (χ1) is 9.15. The highest BCUT2D eigenvalue weighted by molar-refractivity contribution is 5.82. The van der Waals surface area contributed by atoms with Crippen molar-refractivity contribution in [2.75, 3.05) is 39.4 Å². The van der Waals surface area contributed by atoms with E-state index in [0.29, 0.717) is 12.5 Å². The number of amides is 1. The summed E-state index contributed by atoms with van der Waals surface area (Å²) in [6.45, 7) is 6.04. The van der Waals surface area contributed by atoms with Gasteiger partial charge >= 0.3 is 0 Å². The van der Waals surface area contributed by atoms with Crippen LogP contribution in [0.1, 0.15) is 32.6 Å². The smallest absolute Gasteiger partial charge is 0.228 e. The van der Waals surface area contributed by atoms with Crippen LogP contribution in [0.5, 0.6) is 0 Å². The zero-order valence-electron chi connectivity index (χ0n) is 11.9. The molecule has 0 spiro atoms. The summed E-state index contributed by atoms with van der Waals surface area (Å²) >= 11 is 0. The number of hydrogen-bond donors (Lipinski definition) is 2. The van der Waals surface area contributed by atoms with Gasteiger partial charge in [0.25, 0.3) is 0 Å². The molecule has 1 amide bonds. The number of hydrogen-bond acceptors (Lipinski definition) is 4. The lowest BCUT2D eigenvalue weighted by atomic mass is 9.79. The van der Waals surface area contributed by atoms with Crippen LogP contribution in [0, 0.1) is 5.41 Å². The van der Waals surface area contributed by atoms with Crippen LogP contribution in [0.25, 0.3) is 0 Å². The first-order valence-corrected chi connectivity index (χ1v) is 7.38. The molecular formula is C14H26N2O3. The van der Waals surface area contributed by atoms with E-state index in [-0.39, 0.29) is 18.1 Å². The number of aliphatic hydroxyl groups is 1. The molecule has 2 saturated heterocycles. The minimum Gasteiger partial charge on any atom is -0.394 e. The zero-order chi connectivity index (χ0) is 13.7. The van der Waals surface area contributed by atoms with E-state index in [1.54, 1.807) is 0 Å². The summed E-state index contributed by atoms with van der Waals surface area (Å²) in [6, 6.07) is 0. The highest BCUT2D eigenvalue weighted by atomic mass is 16.5. The van der Waals surface area contributed by atoms with E-state index in [9.17, 15) is 4.79 Å². The molecule has 0 aliphatic carbocycles. The Morgan fingerprint density at radius 2 is 2.00 bits per heavy atom. The lowest BCUT2D eigenvalue weighted by Gasteiger charge is -2.40. The molecule has 2 aliphatic heterocycles. The van der Waals surface area contributed by atoms with Crippen LogP contribution < -0.4 is 5.32 Å². The third-order valence-electron chi connectivity index (χ3n) is 4.40. The van der Waals surface area contributed by atoms with E-state index >= 15 is 0 Å². The molecule has 2 aliphatic rings. The Balaban J connectivity index is 1.81. The van der Waals surface area contributed by atoms with E-state index in [1.165, 1.54) is 0 Å². The number of nitrogens with one attached hydrogen (secondary N) is 1. The molecule has 0 aromatic carbocycles. The molecular weight excluding hydrogens is 244 g/mol. The number of aliphatic hydroxyl groups excluding tert-OH is 1. The van der Waals surface area contributed by atoms with Gasteiger partial charge in [0, 0.05) is 18.5 Å². The SMILES string of the molecule is CC1(C(=O)N2CCC(OCCO)CC2)CCNCC1. The van der Waals surface area contributed by atoms with Gasteiger partial charge in [0.1, 0.15) is 0 Å². The van der Waals surface area contributed by atoms with E-state index in [2.05, 4.69) is 12.2 Å². The Bertz CT molecular complexity index is 295. The van der Waals surface area contributed by atoms with Crippen molar-refractivity contribution in [3.05, 3.63) is 0 Å². The molecule has 0 radical (unpaired) electrons. The van der Waals surface area contributed by atoms with Crippen molar-refractivity contribution in [3.8, 4) is 0 Å². The molecule has 0 bridgehead atoms. The van der Waals surface area contributed by atoms with Crippen LogP contribution in [0.3, 0.4) is 0 Å². The zero-order valence-corrected chi connectivity index (χ0v) is 11.9. The van der Waals surface area contributed by atoms with E-state index in [1.807, 2.05) is 4.90 Å². The summed E-state index contributed by atoms with van der Waals surface area (Å²) in [5.74, 6) is 0.314. The van der Waals surface area contributed by atoms with E-state index < -0.39 is 0 Å². The maximum Gasteiger partial charge on any atom is 0.228 e. The molecule has 2 heterocycles. The minimum absolute atomic E-state index is 0.0736. The predicted molar refractivity (Wildman–Crippen MR) is 72.9 cm³/mol. The largest absolute Gasteiger partial charge is 0.394 e. The van der Waals surface area contributed by atoms with Crippen LogP contribution in [-0.2, 0) is 9.53 Å². The van der Waals surface area contributed by atoms with Gasteiger partial charge in [-0.3, -0.25) is 4.79 Å². The minimum atomic E-state index is -0.177. The van der Waals surface area contributed by atoms with Gasteiger partial charge in [0.2, 0.25) is 5.91 Å². The van der Waals surface area contributed by atoms with Crippen molar-refractivity contribution < 1.29 is 14.6 Å². The number of carbonyl (C=O) groups excluding carboxylic acids is 1. The topological polar surface area (TPSA) is 61.8 Å². The second-order valence-corrected chi connectivity index (χ2v) is 5.90. The number of likely N-dealkylation sites (tertiary alicyclic amines) is 1. The van der Waals surface area contributed by atoms with Crippen molar-refractivity contribution >= 4 is 5.91 Å². The van der Waals surface area contributed by atoms with Crippen molar-refractivity contribution in [1.82, 2.24) is 10.2 Å². The highest BCUT2D eigenvalue weighted by Gasteiger charge is 2.38. The number of ether oxygens (including phenoxy) is 1. The van der Waals surface area contributed by atoms with Crippen molar-refractivity contribution in [2.24, 2.45) is 5.41 Å². The Morgan fingerprint density at radius 3 is 2.58 bits per heavy atom. The number of rotatable bonds is 4. The van der Waals surface area contributed by atoms with Crippen LogP contribution >= 0.6 is 0 Å². The summed E-state index contributed by atoms with van der Waals surface area (Å²) in [6.07, 6.45) is 3.86. The lowest BCUT2D eigenvalue weighted by molar-refractivity contribution is -0.145. The Labute approximate surface area is 115 Å². The third kappa shape index (κ3) is 3.68. The second-order valence-electron chi connectivity index (χ2n) is 5.90. The molecule has 2 rings (SSSR count). The molecule has 0 saturated carbocycles. The number of piperidine rings is 2. The normalized spacial score (nSPS) is 24.4. The van der Waals surface area contributed by atoms with Gasteiger partial charge < -0.3 is 20.1 Å². The second kappa shape index (κ2) is 6.68. The summed E-state index contributed by atoms with van der Waals surface area (Å²) < 4.78 is 5.53. The lowest BCUT2D eigenvalue weighted by Crippen LogP contribution is -2.50. The molecule has 2 fully saturated rings. The summed E-state index contributed by atoms with van der Waals surface area (Å²) in [5.41, 5.74) is -0.177. The Morgan fingerprint density at radius 1 is 1.37 bits per heavy atom. The van der Waals surface area contributed by atoms with Crippen LogP contribution in [0.2, 0.25) is 0 Å². The van der Waals surface area contributed by atoms with Gasteiger partial charge in [-0.1, -0.05) is 6.92 Å². The molecule has 0 unspecified atom stereocenters. The van der Waals surface area contributed by atoms with E-state index in [0.717, 1.165) is 51.9 Å². The molecule has 19 heavy (non-hydrogen) atoms. The summed E-state index contributed by atoms with van der Waals surface area (Å²) in [5, 5.41) is 12.1. The van der Waals surface area contributed by atoms with E-state index in [4.69, 9.17) is 9.84 Å². The Kier molecular flexibility index (Phi) is 5.19. The summed E-state index contributed by atoms with van der Waals surface area (Å²) in [4.78, 5) is 14.6. The summed E-state index contributed by atoms with van der Waals surface area (Å²) in [7, 11) is 0. The van der Waals surface area contributed by atoms with Gasteiger partial charge in [0.05, 0.1) is 19.3 Å². The first kappa shape index (κ1) is 14.8. The molecule has 2 N–H and O–H groups in total. The fourth-order valence-electron chi connectivity index (χ4n) is 3.02. The molecule has 5 nitrogen and oxygen atoms in total. The van der Waals surface area contributed by atoms with Gasteiger partial charge in [-0.2, -0.15) is 0 Å². The van der Waals surface area contributed by atoms with Gasteiger partial charge in [-0.25, -0.2) is 0 Å². The Hall–Kier alpha value is -0.650. The van der Waals surface area contributed by atoms with Crippen LogP contribution in [0.4, 0.5) is 0 Å². The average molecular weight is 270 g/mol. The number of carbonyl (C=O) groups is 1. The first-order valence-electron chi connectivity index (χ1n) is 7.38. The average Bonchev–Trinajstić information content (AvgIpc) is 2.46.